The number of para-hydroxylation sites is 1. The minimum Gasteiger partial charge on any atom is -0.370 e. The number of carbonyl (C=O) groups excluding carboxylic acids is 3. The van der Waals surface area contributed by atoms with Gasteiger partial charge in [0.25, 0.3) is 5.91 Å². The molecule has 4 rings (SSSR count). The average Bonchev–Trinajstić information content (AvgIpc) is 3.02. The number of rotatable bonds is 4. The second-order valence-electron chi connectivity index (χ2n) is 6.83. The quantitative estimate of drug-likeness (QED) is 0.826. The minimum absolute atomic E-state index is 0.0601. The smallest absolute Gasteiger partial charge is 0.329 e. The molecule has 4 amide bonds. The van der Waals surface area contributed by atoms with E-state index in [0.717, 1.165) is 10.5 Å². The van der Waals surface area contributed by atoms with E-state index in [1.54, 1.807) is 29.2 Å². The first-order chi connectivity index (χ1) is 13.6. The van der Waals surface area contributed by atoms with Crippen LogP contribution >= 0.6 is 0 Å². The van der Waals surface area contributed by atoms with E-state index in [-0.39, 0.29) is 18.4 Å². The molecule has 28 heavy (non-hydrogen) atoms. The van der Waals surface area contributed by atoms with Crippen LogP contribution in [0.5, 0.6) is 0 Å². The van der Waals surface area contributed by atoms with Crippen LogP contribution in [0.4, 0.5) is 10.5 Å². The first kappa shape index (κ1) is 18.2. The maximum atomic E-state index is 12.8. The van der Waals surface area contributed by atoms with Crippen molar-refractivity contribution in [3.63, 3.8) is 0 Å². The van der Waals surface area contributed by atoms with Crippen molar-refractivity contribution >= 4 is 23.5 Å². The van der Waals surface area contributed by atoms with E-state index in [1.165, 1.54) is 0 Å². The number of hydrogen-bond donors (Lipinski definition) is 1. The molecule has 2 aliphatic rings. The van der Waals surface area contributed by atoms with Crippen molar-refractivity contribution in [1.82, 2.24) is 10.2 Å². The van der Waals surface area contributed by atoms with Crippen molar-refractivity contribution < 1.29 is 19.1 Å². The number of hydrogen-bond acceptors (Lipinski definition) is 4. The van der Waals surface area contributed by atoms with E-state index in [2.05, 4.69) is 5.32 Å². The Kier molecular flexibility index (Phi) is 5.08. The maximum Gasteiger partial charge on any atom is 0.329 e. The van der Waals surface area contributed by atoms with Crippen LogP contribution < -0.4 is 10.2 Å². The van der Waals surface area contributed by atoms with E-state index in [1.807, 2.05) is 36.4 Å². The van der Waals surface area contributed by atoms with Crippen LogP contribution in [-0.2, 0) is 14.3 Å². The Hall–Kier alpha value is -3.19. The number of urea groups is 1. The molecule has 2 unspecified atom stereocenters. The highest BCUT2D eigenvalue weighted by atomic mass is 16.5. The zero-order chi connectivity index (χ0) is 19.5. The van der Waals surface area contributed by atoms with E-state index in [0.29, 0.717) is 25.4 Å². The lowest BCUT2D eigenvalue weighted by Crippen LogP contribution is -2.45. The number of anilines is 1. The molecule has 2 aromatic rings. The summed E-state index contributed by atoms with van der Waals surface area (Å²) in [6, 6.07) is 17.1. The van der Waals surface area contributed by atoms with E-state index < -0.39 is 18.0 Å². The third-order valence-electron chi connectivity index (χ3n) is 5.00. The monoisotopic (exact) mass is 379 g/mol. The van der Waals surface area contributed by atoms with Crippen LogP contribution in [0.15, 0.2) is 60.7 Å². The fourth-order valence-electron chi connectivity index (χ4n) is 3.54. The lowest BCUT2D eigenvalue weighted by Gasteiger charge is -2.33. The van der Waals surface area contributed by atoms with Gasteiger partial charge in [-0.3, -0.25) is 9.59 Å². The van der Waals surface area contributed by atoms with Gasteiger partial charge in [-0.25, -0.2) is 9.69 Å². The van der Waals surface area contributed by atoms with E-state index in [9.17, 15) is 14.4 Å². The summed E-state index contributed by atoms with van der Waals surface area (Å²) in [5, 5.41) is 2.62. The highest BCUT2D eigenvalue weighted by Crippen LogP contribution is 2.24. The number of morpholine rings is 1. The van der Waals surface area contributed by atoms with Crippen LogP contribution in [0, 0.1) is 0 Å². The Morgan fingerprint density at radius 1 is 1.04 bits per heavy atom. The number of nitrogens with one attached hydrogen (secondary N) is 1. The zero-order valence-electron chi connectivity index (χ0n) is 15.3. The molecule has 2 atom stereocenters. The Morgan fingerprint density at radius 3 is 2.43 bits per heavy atom. The maximum absolute atomic E-state index is 12.8. The SMILES string of the molecule is O=C(CC1NC(=O)N(c2ccccc2)C1=O)N1CCOC(c2ccccc2)C1. The largest absolute Gasteiger partial charge is 0.370 e. The van der Waals surface area contributed by atoms with Crippen molar-refractivity contribution in [1.29, 1.82) is 0 Å². The molecule has 2 saturated heterocycles. The van der Waals surface area contributed by atoms with Gasteiger partial charge < -0.3 is 15.0 Å². The number of imide groups is 1. The molecule has 0 spiro atoms. The summed E-state index contributed by atoms with van der Waals surface area (Å²) in [5.41, 5.74) is 1.51. The molecule has 7 nitrogen and oxygen atoms in total. The lowest BCUT2D eigenvalue weighted by atomic mass is 10.1. The zero-order valence-corrected chi connectivity index (χ0v) is 15.3. The average molecular weight is 379 g/mol. The minimum atomic E-state index is -0.849. The van der Waals surface area contributed by atoms with Gasteiger partial charge in [-0.1, -0.05) is 48.5 Å². The molecule has 2 aromatic carbocycles. The van der Waals surface area contributed by atoms with Gasteiger partial charge >= 0.3 is 6.03 Å². The van der Waals surface area contributed by atoms with E-state index >= 15 is 0 Å². The highest BCUT2D eigenvalue weighted by Gasteiger charge is 2.41. The summed E-state index contributed by atoms with van der Waals surface area (Å²) < 4.78 is 5.79. The van der Waals surface area contributed by atoms with Crippen LogP contribution in [0.3, 0.4) is 0 Å². The fourth-order valence-corrected chi connectivity index (χ4v) is 3.54. The van der Waals surface area contributed by atoms with Crippen molar-refractivity contribution in [2.75, 3.05) is 24.6 Å². The second kappa shape index (κ2) is 7.82. The molecule has 0 aromatic heterocycles. The fraction of sp³-hybridized carbons (Fsp3) is 0.286. The number of nitrogens with zero attached hydrogens (tertiary/aromatic N) is 2. The molecular formula is C21H21N3O4. The number of amides is 4. The van der Waals surface area contributed by atoms with Gasteiger partial charge in [-0.05, 0) is 17.7 Å². The number of ether oxygens (including phenoxy) is 1. The third kappa shape index (κ3) is 3.61. The number of carbonyl (C=O) groups is 3. The van der Waals surface area contributed by atoms with Gasteiger partial charge in [0.05, 0.1) is 25.3 Å². The van der Waals surface area contributed by atoms with Gasteiger partial charge in [0, 0.05) is 6.54 Å². The Balaban J connectivity index is 1.41. The molecule has 2 fully saturated rings. The highest BCUT2D eigenvalue weighted by molar-refractivity contribution is 6.22. The molecule has 0 aliphatic carbocycles. The molecule has 0 bridgehead atoms. The van der Waals surface area contributed by atoms with Gasteiger partial charge in [0.2, 0.25) is 5.91 Å². The third-order valence-corrected chi connectivity index (χ3v) is 5.00. The predicted molar refractivity (Wildman–Crippen MR) is 103 cm³/mol. The molecule has 2 heterocycles. The second-order valence-corrected chi connectivity index (χ2v) is 6.83. The normalized spacial score (nSPS) is 22.3. The van der Waals surface area contributed by atoms with Gasteiger partial charge in [0.15, 0.2) is 0 Å². The molecule has 2 aliphatic heterocycles. The summed E-state index contributed by atoms with van der Waals surface area (Å²) in [6.07, 6.45) is -0.247. The van der Waals surface area contributed by atoms with Crippen molar-refractivity contribution in [3.05, 3.63) is 66.2 Å². The van der Waals surface area contributed by atoms with Gasteiger partial charge in [-0.2, -0.15) is 0 Å². The van der Waals surface area contributed by atoms with Gasteiger partial charge in [-0.15, -0.1) is 0 Å². The van der Waals surface area contributed by atoms with Crippen molar-refractivity contribution in [3.8, 4) is 0 Å². The lowest BCUT2D eigenvalue weighted by molar-refractivity contribution is -0.140. The van der Waals surface area contributed by atoms with Gasteiger partial charge in [0.1, 0.15) is 12.1 Å². The number of benzene rings is 2. The van der Waals surface area contributed by atoms with Crippen molar-refractivity contribution in [2.24, 2.45) is 0 Å². The first-order valence-corrected chi connectivity index (χ1v) is 9.27. The summed E-state index contributed by atoms with van der Waals surface area (Å²) >= 11 is 0. The summed E-state index contributed by atoms with van der Waals surface area (Å²) in [4.78, 5) is 40.5. The van der Waals surface area contributed by atoms with Crippen LogP contribution in [0.25, 0.3) is 0 Å². The topological polar surface area (TPSA) is 79.0 Å². The van der Waals surface area contributed by atoms with Crippen LogP contribution in [0.1, 0.15) is 18.1 Å². The molecule has 144 valence electrons. The molecular weight excluding hydrogens is 358 g/mol. The molecule has 7 heteroatoms. The molecule has 0 saturated carbocycles. The Morgan fingerprint density at radius 2 is 1.71 bits per heavy atom. The summed E-state index contributed by atoms with van der Waals surface area (Å²) in [7, 11) is 0. The van der Waals surface area contributed by atoms with E-state index in [4.69, 9.17) is 4.74 Å². The molecule has 1 N–H and O–H groups in total. The predicted octanol–water partition coefficient (Wildman–Crippen LogP) is 2.10. The Labute approximate surface area is 162 Å². The van der Waals surface area contributed by atoms with Crippen LogP contribution in [-0.4, -0.2) is 48.5 Å². The molecule has 0 radical (unpaired) electrons. The summed E-state index contributed by atoms with van der Waals surface area (Å²) in [6.45, 7) is 1.34. The Bertz CT molecular complexity index is 872. The van der Waals surface area contributed by atoms with Crippen LogP contribution in [0.2, 0.25) is 0 Å². The first-order valence-electron chi connectivity index (χ1n) is 9.27. The van der Waals surface area contributed by atoms with Crippen molar-refractivity contribution in [2.45, 2.75) is 18.6 Å². The standard InChI is InChI=1S/C21H21N3O4/c25-19(23-11-12-28-18(14-23)15-7-3-1-4-8-15)13-17-20(26)24(21(27)22-17)16-9-5-2-6-10-16/h1-10,17-18H,11-14H2,(H,22,27). The summed E-state index contributed by atoms with van der Waals surface area (Å²) in [5.74, 6) is -0.574.